The van der Waals surface area contributed by atoms with Gasteiger partial charge in [0.05, 0.1) is 7.11 Å². The zero-order valence-electron chi connectivity index (χ0n) is 11.6. The van der Waals surface area contributed by atoms with Crippen molar-refractivity contribution in [2.45, 2.75) is 19.8 Å². The second-order valence-electron chi connectivity index (χ2n) is 4.39. The molecule has 0 fully saturated rings. The summed E-state index contributed by atoms with van der Waals surface area (Å²) < 4.78 is 10.9. The van der Waals surface area contributed by atoms with Crippen LogP contribution in [0.5, 0.6) is 5.75 Å². The smallest absolute Gasteiger partial charge is 0.247 e. The molecule has 5 heteroatoms. The second kappa shape index (κ2) is 6.33. The molecule has 0 spiro atoms. The van der Waals surface area contributed by atoms with Crippen molar-refractivity contribution >= 4 is 0 Å². The molecule has 19 heavy (non-hydrogen) atoms. The van der Waals surface area contributed by atoms with Crippen molar-refractivity contribution in [1.82, 2.24) is 15.5 Å². The average molecular weight is 261 g/mol. The first-order valence-corrected chi connectivity index (χ1v) is 6.36. The fraction of sp³-hybridized carbons (Fsp3) is 0.429. The first-order valence-electron chi connectivity index (χ1n) is 6.36. The maximum atomic E-state index is 5.65. The molecule has 1 aromatic heterocycles. The summed E-state index contributed by atoms with van der Waals surface area (Å²) in [5.41, 5.74) is 1.97. The predicted octanol–water partition coefficient (Wildman–Crippen LogP) is 2.21. The lowest BCUT2D eigenvalue weighted by atomic mass is 10.1. The Labute approximate surface area is 113 Å². The number of hydrogen-bond acceptors (Lipinski definition) is 5. The molecule has 2 aromatic rings. The highest BCUT2D eigenvalue weighted by Crippen LogP contribution is 2.26. The summed E-state index contributed by atoms with van der Waals surface area (Å²) in [6.07, 6.45) is 1.77. The zero-order chi connectivity index (χ0) is 13.7. The number of nitrogens with zero attached hydrogens (tertiary/aromatic N) is 2. The molecule has 5 nitrogen and oxygen atoms in total. The molecule has 0 bridgehead atoms. The number of rotatable bonds is 6. The van der Waals surface area contributed by atoms with Gasteiger partial charge in [-0.3, -0.25) is 0 Å². The van der Waals surface area contributed by atoms with E-state index in [2.05, 4.69) is 15.5 Å². The normalized spacial score (nSPS) is 10.7. The van der Waals surface area contributed by atoms with Gasteiger partial charge in [-0.15, -0.1) is 10.2 Å². The Morgan fingerprint density at radius 3 is 2.89 bits per heavy atom. The van der Waals surface area contributed by atoms with Gasteiger partial charge in [0.15, 0.2) is 0 Å². The number of ether oxygens (including phenoxy) is 1. The second-order valence-corrected chi connectivity index (χ2v) is 4.39. The molecule has 0 atom stereocenters. The Morgan fingerprint density at radius 2 is 2.16 bits per heavy atom. The number of nitrogens with one attached hydrogen (secondary N) is 1. The summed E-state index contributed by atoms with van der Waals surface area (Å²) in [5.74, 6) is 2.04. The molecule has 1 N–H and O–H groups in total. The third kappa shape index (κ3) is 3.32. The van der Waals surface area contributed by atoms with Gasteiger partial charge < -0.3 is 14.5 Å². The van der Waals surface area contributed by atoms with Crippen LogP contribution in [-0.2, 0) is 6.42 Å². The summed E-state index contributed by atoms with van der Waals surface area (Å²) in [7, 11) is 3.58. The molecule has 102 valence electrons. The van der Waals surface area contributed by atoms with E-state index in [1.54, 1.807) is 7.11 Å². The topological polar surface area (TPSA) is 60.2 Å². The number of benzene rings is 1. The van der Waals surface area contributed by atoms with Crippen molar-refractivity contribution in [2.75, 3.05) is 20.7 Å². The molecule has 0 aliphatic heterocycles. The monoisotopic (exact) mass is 261 g/mol. The van der Waals surface area contributed by atoms with Crippen LogP contribution in [0.2, 0.25) is 0 Å². The minimum absolute atomic E-state index is 0.540. The molecule has 2 rings (SSSR count). The van der Waals surface area contributed by atoms with Gasteiger partial charge in [0.1, 0.15) is 5.75 Å². The van der Waals surface area contributed by atoms with Crippen molar-refractivity contribution in [3.8, 4) is 17.2 Å². The molecule has 0 radical (unpaired) electrons. The van der Waals surface area contributed by atoms with Crippen LogP contribution < -0.4 is 10.1 Å². The average Bonchev–Trinajstić information content (AvgIpc) is 2.88. The Morgan fingerprint density at radius 1 is 1.32 bits per heavy atom. The molecule has 0 aliphatic rings. The number of hydrogen-bond donors (Lipinski definition) is 1. The fourth-order valence-electron chi connectivity index (χ4n) is 1.84. The number of aromatic nitrogens is 2. The van der Waals surface area contributed by atoms with Gasteiger partial charge in [-0.05, 0) is 44.6 Å². The number of methoxy groups -OCH3 is 1. The molecule has 0 saturated carbocycles. The van der Waals surface area contributed by atoms with Crippen LogP contribution in [0.25, 0.3) is 11.5 Å². The van der Waals surface area contributed by atoms with Gasteiger partial charge in [-0.25, -0.2) is 0 Å². The van der Waals surface area contributed by atoms with Crippen molar-refractivity contribution in [3.63, 3.8) is 0 Å². The fourth-order valence-corrected chi connectivity index (χ4v) is 1.84. The Kier molecular flexibility index (Phi) is 4.52. The van der Waals surface area contributed by atoms with Gasteiger partial charge in [-0.2, -0.15) is 0 Å². The summed E-state index contributed by atoms with van der Waals surface area (Å²) >= 11 is 0. The first-order chi connectivity index (χ1) is 9.24. The Hall–Kier alpha value is -1.88. The van der Waals surface area contributed by atoms with Crippen molar-refractivity contribution in [1.29, 1.82) is 0 Å². The molecule has 0 amide bonds. The molecule has 0 saturated heterocycles. The summed E-state index contributed by atoms with van der Waals surface area (Å²) in [5, 5.41) is 11.2. The molecule has 0 aliphatic carbocycles. The lowest BCUT2D eigenvalue weighted by Gasteiger charge is -2.04. The van der Waals surface area contributed by atoms with Gasteiger partial charge >= 0.3 is 0 Å². The van der Waals surface area contributed by atoms with Gasteiger partial charge in [0.2, 0.25) is 11.8 Å². The van der Waals surface area contributed by atoms with Crippen LogP contribution in [0.15, 0.2) is 22.6 Å². The van der Waals surface area contributed by atoms with Crippen LogP contribution in [-0.4, -0.2) is 30.9 Å². The maximum Gasteiger partial charge on any atom is 0.247 e. The SMILES string of the molecule is CNCCCc1nnc(-c2ccc(C)c(OC)c2)o1. The molecular formula is C14H19N3O2. The predicted molar refractivity (Wildman–Crippen MR) is 73.3 cm³/mol. The summed E-state index contributed by atoms with van der Waals surface area (Å²) in [6, 6.07) is 5.86. The largest absolute Gasteiger partial charge is 0.496 e. The van der Waals surface area contributed by atoms with Crippen LogP contribution in [0.3, 0.4) is 0 Å². The van der Waals surface area contributed by atoms with Gasteiger partial charge in [0, 0.05) is 12.0 Å². The quantitative estimate of drug-likeness (QED) is 0.808. The van der Waals surface area contributed by atoms with Crippen LogP contribution in [0.4, 0.5) is 0 Å². The summed E-state index contributed by atoms with van der Waals surface area (Å²) in [4.78, 5) is 0. The maximum absolute atomic E-state index is 5.65. The highest BCUT2D eigenvalue weighted by molar-refractivity contribution is 5.57. The van der Waals surface area contributed by atoms with Crippen LogP contribution in [0, 0.1) is 6.92 Å². The van der Waals surface area contributed by atoms with Crippen LogP contribution in [0.1, 0.15) is 17.9 Å². The third-order valence-electron chi connectivity index (χ3n) is 2.94. The summed E-state index contributed by atoms with van der Waals surface area (Å²) in [6.45, 7) is 2.94. The lowest BCUT2D eigenvalue weighted by molar-refractivity contribution is 0.411. The zero-order valence-corrected chi connectivity index (χ0v) is 11.6. The minimum atomic E-state index is 0.540. The lowest BCUT2D eigenvalue weighted by Crippen LogP contribution is -2.08. The standard InChI is InChI=1S/C14H19N3O2/c1-10-6-7-11(9-12(10)18-3)14-17-16-13(19-14)5-4-8-15-2/h6-7,9,15H,4-5,8H2,1-3H3. The van der Waals surface area contributed by atoms with E-state index in [0.717, 1.165) is 36.3 Å². The highest BCUT2D eigenvalue weighted by Gasteiger charge is 2.10. The van der Waals surface area contributed by atoms with E-state index in [4.69, 9.17) is 9.15 Å². The molecule has 1 heterocycles. The van der Waals surface area contributed by atoms with Gasteiger partial charge in [-0.1, -0.05) is 6.07 Å². The number of aryl methyl sites for hydroxylation is 2. The highest BCUT2D eigenvalue weighted by atomic mass is 16.5. The first kappa shape index (κ1) is 13.5. The van der Waals surface area contributed by atoms with Crippen molar-refractivity contribution in [2.24, 2.45) is 0 Å². The van der Waals surface area contributed by atoms with E-state index in [1.807, 2.05) is 32.2 Å². The third-order valence-corrected chi connectivity index (χ3v) is 2.94. The van der Waals surface area contributed by atoms with E-state index >= 15 is 0 Å². The molecule has 0 unspecified atom stereocenters. The van der Waals surface area contributed by atoms with Crippen molar-refractivity contribution in [3.05, 3.63) is 29.7 Å². The molecule has 1 aromatic carbocycles. The minimum Gasteiger partial charge on any atom is -0.496 e. The van der Waals surface area contributed by atoms with E-state index in [-0.39, 0.29) is 0 Å². The van der Waals surface area contributed by atoms with Crippen LogP contribution >= 0.6 is 0 Å². The van der Waals surface area contributed by atoms with Crippen molar-refractivity contribution < 1.29 is 9.15 Å². The molecular weight excluding hydrogens is 242 g/mol. The Bertz CT molecular complexity index is 537. The van der Waals surface area contributed by atoms with E-state index in [1.165, 1.54) is 0 Å². The Balaban J connectivity index is 2.13. The van der Waals surface area contributed by atoms with E-state index in [9.17, 15) is 0 Å². The van der Waals surface area contributed by atoms with Gasteiger partial charge in [0.25, 0.3) is 0 Å². The van der Waals surface area contributed by atoms with E-state index in [0.29, 0.717) is 11.8 Å². The van der Waals surface area contributed by atoms with E-state index < -0.39 is 0 Å².